The molecule has 1 amide bonds. The van der Waals surface area contributed by atoms with Crippen molar-refractivity contribution in [1.29, 1.82) is 0 Å². The predicted octanol–water partition coefficient (Wildman–Crippen LogP) is 1.95. The molecule has 0 bridgehead atoms. The lowest BCUT2D eigenvalue weighted by molar-refractivity contribution is 0.0764. The SMILES string of the molecule is O=C(c1ccc2ncnn2c1)N1C[C@@H](Cc2ccc3ccccc3n2)[C@H](O)C1. The molecule has 7 nitrogen and oxygen atoms in total. The summed E-state index contributed by atoms with van der Waals surface area (Å²) in [5.41, 5.74) is 3.11. The molecule has 5 rings (SSSR count). The molecular formula is C21H19N5O2. The number of hydrogen-bond acceptors (Lipinski definition) is 5. The van der Waals surface area contributed by atoms with Crippen LogP contribution in [0, 0.1) is 5.92 Å². The Bertz CT molecular complexity index is 1170. The van der Waals surface area contributed by atoms with E-state index in [1.165, 1.54) is 6.33 Å². The van der Waals surface area contributed by atoms with Crippen LogP contribution >= 0.6 is 0 Å². The third-order valence-corrected chi connectivity index (χ3v) is 5.34. The van der Waals surface area contributed by atoms with Gasteiger partial charge in [0.25, 0.3) is 5.91 Å². The van der Waals surface area contributed by atoms with Gasteiger partial charge in [0.15, 0.2) is 5.65 Å². The van der Waals surface area contributed by atoms with Crippen LogP contribution in [0.4, 0.5) is 0 Å². The van der Waals surface area contributed by atoms with Crippen molar-refractivity contribution in [2.45, 2.75) is 12.5 Å². The first-order valence-corrected chi connectivity index (χ1v) is 9.29. The van der Waals surface area contributed by atoms with E-state index in [-0.39, 0.29) is 11.8 Å². The monoisotopic (exact) mass is 373 g/mol. The summed E-state index contributed by atoms with van der Waals surface area (Å²) < 4.78 is 1.58. The summed E-state index contributed by atoms with van der Waals surface area (Å²) in [7, 11) is 0. The van der Waals surface area contributed by atoms with Crippen molar-refractivity contribution in [3.8, 4) is 0 Å². The minimum Gasteiger partial charge on any atom is -0.391 e. The second kappa shape index (κ2) is 6.69. The molecule has 1 saturated heterocycles. The summed E-state index contributed by atoms with van der Waals surface area (Å²) >= 11 is 0. The molecule has 1 N–H and O–H groups in total. The van der Waals surface area contributed by atoms with Gasteiger partial charge in [-0.15, -0.1) is 0 Å². The number of likely N-dealkylation sites (tertiary alicyclic amines) is 1. The number of hydrogen-bond donors (Lipinski definition) is 1. The molecule has 4 heterocycles. The van der Waals surface area contributed by atoms with Gasteiger partial charge < -0.3 is 10.0 Å². The Balaban J connectivity index is 1.33. The minimum absolute atomic E-state index is 0.0345. The van der Waals surface area contributed by atoms with Gasteiger partial charge in [-0.3, -0.25) is 9.78 Å². The van der Waals surface area contributed by atoms with E-state index in [0.29, 0.717) is 30.7 Å². The maximum Gasteiger partial charge on any atom is 0.255 e. The van der Waals surface area contributed by atoms with Crippen molar-refractivity contribution in [2.75, 3.05) is 13.1 Å². The first-order valence-electron chi connectivity index (χ1n) is 9.29. The lowest BCUT2D eigenvalue weighted by Gasteiger charge is -2.16. The van der Waals surface area contributed by atoms with Gasteiger partial charge in [-0.25, -0.2) is 9.50 Å². The number of para-hydroxylation sites is 1. The molecule has 7 heteroatoms. The van der Waals surface area contributed by atoms with Gasteiger partial charge in [0.05, 0.1) is 17.2 Å². The molecule has 1 aromatic carbocycles. The van der Waals surface area contributed by atoms with E-state index < -0.39 is 6.10 Å². The molecule has 1 fully saturated rings. The second-order valence-corrected chi connectivity index (χ2v) is 7.22. The number of β-amino-alcohol motifs (C(OH)–C–C–N with tert-alkyl or cyclic N) is 1. The fourth-order valence-electron chi connectivity index (χ4n) is 3.84. The first kappa shape index (κ1) is 16.8. The number of nitrogens with zero attached hydrogens (tertiary/aromatic N) is 5. The highest BCUT2D eigenvalue weighted by Crippen LogP contribution is 2.24. The molecule has 0 aliphatic carbocycles. The number of rotatable bonds is 3. The number of aromatic nitrogens is 4. The van der Waals surface area contributed by atoms with Crippen molar-refractivity contribution in [2.24, 2.45) is 5.92 Å². The zero-order chi connectivity index (χ0) is 19.1. The molecule has 1 aliphatic rings. The lowest BCUT2D eigenvalue weighted by Crippen LogP contribution is -2.29. The highest BCUT2D eigenvalue weighted by atomic mass is 16.3. The Kier molecular flexibility index (Phi) is 4.02. The third-order valence-electron chi connectivity index (χ3n) is 5.34. The molecule has 28 heavy (non-hydrogen) atoms. The van der Waals surface area contributed by atoms with Crippen molar-refractivity contribution >= 4 is 22.5 Å². The van der Waals surface area contributed by atoms with Gasteiger partial charge in [0.1, 0.15) is 6.33 Å². The third kappa shape index (κ3) is 2.99. The molecule has 0 radical (unpaired) electrons. The topological polar surface area (TPSA) is 83.6 Å². The van der Waals surface area contributed by atoms with Crippen LogP contribution in [0.2, 0.25) is 0 Å². The summed E-state index contributed by atoms with van der Waals surface area (Å²) in [6, 6.07) is 15.5. The van der Waals surface area contributed by atoms with E-state index in [4.69, 9.17) is 4.98 Å². The molecule has 0 saturated carbocycles. The number of aliphatic hydroxyl groups excluding tert-OH is 1. The summed E-state index contributed by atoms with van der Waals surface area (Å²) in [5, 5.41) is 15.7. The Morgan fingerprint density at radius 1 is 1.11 bits per heavy atom. The smallest absolute Gasteiger partial charge is 0.255 e. The average Bonchev–Trinajstić information content (AvgIpc) is 3.33. The van der Waals surface area contributed by atoms with Crippen molar-refractivity contribution < 1.29 is 9.90 Å². The Labute approximate surface area is 161 Å². The normalized spacial score (nSPS) is 19.5. The maximum absolute atomic E-state index is 12.9. The van der Waals surface area contributed by atoms with Crippen molar-refractivity contribution in [3.63, 3.8) is 0 Å². The number of carbonyl (C=O) groups excluding carboxylic acids is 1. The standard InChI is InChI=1S/C21H19N5O2/c27-19-12-25(21(28)15-6-8-20-22-13-23-26(20)11-15)10-16(19)9-17-7-5-14-3-1-2-4-18(14)24-17/h1-8,11,13,16,19,27H,9-10,12H2/t16-,19-/m1/s1. The van der Waals surface area contributed by atoms with Crippen molar-refractivity contribution in [1.82, 2.24) is 24.5 Å². The fourth-order valence-corrected chi connectivity index (χ4v) is 3.84. The number of pyridine rings is 2. The van der Waals surface area contributed by atoms with Gasteiger partial charge >= 0.3 is 0 Å². The quantitative estimate of drug-likeness (QED) is 0.593. The summed E-state index contributed by atoms with van der Waals surface area (Å²) in [6.07, 6.45) is 3.20. The van der Waals surface area contributed by atoms with Gasteiger partial charge in [-0.05, 0) is 30.7 Å². The van der Waals surface area contributed by atoms with Crippen LogP contribution in [0.5, 0.6) is 0 Å². The van der Waals surface area contributed by atoms with E-state index in [1.807, 2.05) is 30.3 Å². The Hall–Kier alpha value is -3.32. The van der Waals surface area contributed by atoms with E-state index in [0.717, 1.165) is 16.6 Å². The molecule has 0 unspecified atom stereocenters. The number of aliphatic hydroxyl groups is 1. The van der Waals surface area contributed by atoms with Gasteiger partial charge in [0.2, 0.25) is 0 Å². The Morgan fingerprint density at radius 2 is 2.00 bits per heavy atom. The van der Waals surface area contributed by atoms with E-state index >= 15 is 0 Å². The van der Waals surface area contributed by atoms with E-state index in [1.54, 1.807) is 27.7 Å². The fraction of sp³-hybridized carbons (Fsp3) is 0.238. The second-order valence-electron chi connectivity index (χ2n) is 7.22. The van der Waals surface area contributed by atoms with Crippen LogP contribution in [0.25, 0.3) is 16.6 Å². The summed E-state index contributed by atoms with van der Waals surface area (Å²) in [4.78, 5) is 23.4. The van der Waals surface area contributed by atoms with Crippen LogP contribution in [0.15, 0.2) is 61.1 Å². The number of carbonyl (C=O) groups is 1. The van der Waals surface area contributed by atoms with Crippen LogP contribution in [-0.4, -0.2) is 54.7 Å². The zero-order valence-electron chi connectivity index (χ0n) is 15.1. The largest absolute Gasteiger partial charge is 0.391 e. The Morgan fingerprint density at radius 3 is 2.93 bits per heavy atom. The van der Waals surface area contributed by atoms with Crippen LogP contribution in [0.1, 0.15) is 16.1 Å². The minimum atomic E-state index is -0.563. The van der Waals surface area contributed by atoms with E-state index in [9.17, 15) is 9.90 Å². The number of benzene rings is 1. The molecule has 1 aliphatic heterocycles. The van der Waals surface area contributed by atoms with Gasteiger partial charge in [-0.1, -0.05) is 24.3 Å². The predicted molar refractivity (Wildman–Crippen MR) is 104 cm³/mol. The van der Waals surface area contributed by atoms with E-state index in [2.05, 4.69) is 16.1 Å². The molecule has 2 atom stereocenters. The highest BCUT2D eigenvalue weighted by Gasteiger charge is 2.34. The number of fused-ring (bicyclic) bond motifs is 2. The maximum atomic E-state index is 12.9. The molecule has 3 aromatic heterocycles. The van der Waals surface area contributed by atoms with Crippen LogP contribution in [0.3, 0.4) is 0 Å². The first-order chi connectivity index (χ1) is 13.7. The van der Waals surface area contributed by atoms with Crippen LogP contribution in [-0.2, 0) is 6.42 Å². The molecule has 140 valence electrons. The summed E-state index contributed by atoms with van der Waals surface area (Å²) in [5.74, 6) is -0.141. The average molecular weight is 373 g/mol. The molecule has 4 aromatic rings. The zero-order valence-corrected chi connectivity index (χ0v) is 15.1. The highest BCUT2D eigenvalue weighted by molar-refractivity contribution is 5.94. The van der Waals surface area contributed by atoms with Gasteiger partial charge in [-0.2, -0.15) is 5.10 Å². The number of amides is 1. The van der Waals surface area contributed by atoms with Crippen LogP contribution < -0.4 is 0 Å². The molecule has 0 spiro atoms. The molecular weight excluding hydrogens is 354 g/mol. The van der Waals surface area contributed by atoms with Crippen molar-refractivity contribution in [3.05, 3.63) is 72.3 Å². The van der Waals surface area contributed by atoms with Gasteiger partial charge in [0, 0.05) is 36.3 Å². The lowest BCUT2D eigenvalue weighted by atomic mass is 9.99. The summed E-state index contributed by atoms with van der Waals surface area (Å²) in [6.45, 7) is 0.830.